The van der Waals surface area contributed by atoms with E-state index in [0.29, 0.717) is 12.3 Å². The summed E-state index contributed by atoms with van der Waals surface area (Å²) in [6.07, 6.45) is 1.50. The lowest BCUT2D eigenvalue weighted by Gasteiger charge is -2.30. The van der Waals surface area contributed by atoms with E-state index >= 15 is 0 Å². The molecular formula is C18H35N3O3. The molecule has 0 spiro atoms. The van der Waals surface area contributed by atoms with Crippen molar-refractivity contribution < 1.29 is 14.4 Å². The normalized spacial score (nSPS) is 15.1. The highest BCUT2D eigenvalue weighted by Crippen LogP contribution is 2.13. The van der Waals surface area contributed by atoms with E-state index in [1.54, 1.807) is 7.05 Å². The topological polar surface area (TPSA) is 69.7 Å². The smallest absolute Gasteiger partial charge is 0.242 e. The zero-order valence-electron chi connectivity index (χ0n) is 16.5. The number of nitrogens with zero attached hydrogens (tertiary/aromatic N) is 2. The summed E-state index contributed by atoms with van der Waals surface area (Å²) in [7, 11) is 5.35. The van der Waals surface area contributed by atoms with Gasteiger partial charge in [-0.3, -0.25) is 19.3 Å². The fourth-order valence-electron chi connectivity index (χ4n) is 2.83. The molecule has 6 heteroatoms. The Bertz CT molecular complexity index is 435. The Labute approximate surface area is 146 Å². The number of rotatable bonds is 10. The van der Waals surface area contributed by atoms with Gasteiger partial charge in [-0.2, -0.15) is 0 Å². The van der Waals surface area contributed by atoms with Crippen LogP contribution in [-0.4, -0.2) is 67.2 Å². The van der Waals surface area contributed by atoms with Crippen LogP contribution in [0.2, 0.25) is 0 Å². The van der Waals surface area contributed by atoms with Gasteiger partial charge < -0.3 is 10.2 Å². The Kier molecular flexibility index (Phi) is 9.82. The summed E-state index contributed by atoms with van der Waals surface area (Å²) >= 11 is 0. The second kappa shape index (κ2) is 10.4. The molecule has 0 saturated carbocycles. The van der Waals surface area contributed by atoms with E-state index in [1.165, 1.54) is 11.8 Å². The Morgan fingerprint density at radius 1 is 1.04 bits per heavy atom. The van der Waals surface area contributed by atoms with Crippen molar-refractivity contribution in [1.29, 1.82) is 0 Å². The number of amides is 2. The van der Waals surface area contributed by atoms with E-state index in [9.17, 15) is 14.4 Å². The SMILES string of the molecule is CCC(C)[C@@H](C(=O)NCC(=O)N(C)[C@@H](CC(C)C)C(C)=O)N(C)C. The van der Waals surface area contributed by atoms with Crippen molar-refractivity contribution in [2.24, 2.45) is 11.8 Å². The molecule has 1 unspecified atom stereocenters. The van der Waals surface area contributed by atoms with E-state index in [0.717, 1.165) is 6.42 Å². The van der Waals surface area contributed by atoms with Crippen LogP contribution < -0.4 is 5.32 Å². The molecule has 0 aromatic rings. The van der Waals surface area contributed by atoms with E-state index in [4.69, 9.17) is 0 Å². The second-order valence-corrected chi connectivity index (χ2v) is 7.27. The van der Waals surface area contributed by atoms with E-state index < -0.39 is 6.04 Å². The van der Waals surface area contributed by atoms with Gasteiger partial charge in [-0.1, -0.05) is 34.1 Å². The predicted octanol–water partition coefficient (Wildman–Crippen LogP) is 1.54. The molecule has 24 heavy (non-hydrogen) atoms. The number of hydrogen-bond donors (Lipinski definition) is 1. The van der Waals surface area contributed by atoms with Crippen LogP contribution in [-0.2, 0) is 14.4 Å². The van der Waals surface area contributed by atoms with Crippen molar-refractivity contribution in [1.82, 2.24) is 15.1 Å². The van der Waals surface area contributed by atoms with Crippen molar-refractivity contribution in [3.05, 3.63) is 0 Å². The minimum atomic E-state index is -0.436. The first-order chi connectivity index (χ1) is 11.0. The zero-order chi connectivity index (χ0) is 19.0. The summed E-state index contributed by atoms with van der Waals surface area (Å²) < 4.78 is 0. The Balaban J connectivity index is 4.80. The van der Waals surface area contributed by atoms with Gasteiger partial charge in [0.05, 0.1) is 18.6 Å². The van der Waals surface area contributed by atoms with E-state index in [2.05, 4.69) is 5.32 Å². The first-order valence-corrected chi connectivity index (χ1v) is 8.73. The van der Waals surface area contributed by atoms with Crippen LogP contribution in [0, 0.1) is 11.8 Å². The molecule has 1 N–H and O–H groups in total. The summed E-state index contributed by atoms with van der Waals surface area (Å²) in [4.78, 5) is 39.9. The molecule has 0 aliphatic carbocycles. The maximum atomic E-state index is 12.4. The van der Waals surface area contributed by atoms with Gasteiger partial charge in [-0.05, 0) is 39.3 Å². The molecule has 0 saturated heterocycles. The highest BCUT2D eigenvalue weighted by Gasteiger charge is 2.28. The van der Waals surface area contributed by atoms with Gasteiger partial charge in [0, 0.05) is 7.05 Å². The van der Waals surface area contributed by atoms with Gasteiger partial charge in [0.1, 0.15) is 0 Å². The molecule has 0 aromatic carbocycles. The molecule has 140 valence electrons. The predicted molar refractivity (Wildman–Crippen MR) is 96.6 cm³/mol. The van der Waals surface area contributed by atoms with Gasteiger partial charge in [-0.15, -0.1) is 0 Å². The molecule has 0 rings (SSSR count). The number of carbonyl (C=O) groups excluding carboxylic acids is 3. The monoisotopic (exact) mass is 341 g/mol. The van der Waals surface area contributed by atoms with Crippen molar-refractivity contribution in [2.75, 3.05) is 27.7 Å². The number of likely N-dealkylation sites (N-methyl/N-ethyl adjacent to an activating group) is 2. The second-order valence-electron chi connectivity index (χ2n) is 7.27. The summed E-state index contributed by atoms with van der Waals surface area (Å²) in [5.74, 6) is 0.0767. The average molecular weight is 341 g/mol. The van der Waals surface area contributed by atoms with Gasteiger partial charge in [0.25, 0.3) is 0 Å². The highest BCUT2D eigenvalue weighted by molar-refractivity contribution is 5.91. The van der Waals surface area contributed by atoms with Crippen LogP contribution in [0.25, 0.3) is 0 Å². The van der Waals surface area contributed by atoms with Crippen molar-refractivity contribution in [3.8, 4) is 0 Å². The first-order valence-electron chi connectivity index (χ1n) is 8.73. The molecular weight excluding hydrogens is 306 g/mol. The third-order valence-corrected chi connectivity index (χ3v) is 4.45. The van der Waals surface area contributed by atoms with Crippen LogP contribution in [0.5, 0.6) is 0 Å². The number of ketones is 1. The standard InChI is InChI=1S/C18H35N3O3/c1-9-13(4)17(20(6)7)18(24)19-11-16(23)21(8)15(14(5)22)10-12(2)3/h12-13,15,17H,9-11H2,1-8H3,(H,19,24)/t13?,15-,17-/m0/s1. The minimum absolute atomic E-state index is 0.0309. The molecule has 0 bridgehead atoms. The maximum Gasteiger partial charge on any atom is 0.242 e. The average Bonchev–Trinajstić information content (AvgIpc) is 2.48. The lowest BCUT2D eigenvalue weighted by molar-refractivity contribution is -0.138. The number of Topliss-reactive ketones (excluding diaryl/α,β-unsaturated/α-hetero) is 1. The van der Waals surface area contributed by atoms with E-state index in [-0.39, 0.29) is 36.1 Å². The number of carbonyl (C=O) groups is 3. The summed E-state index contributed by atoms with van der Waals surface area (Å²) in [5, 5.41) is 2.72. The molecule has 0 fully saturated rings. The van der Waals surface area contributed by atoms with Crippen LogP contribution in [0.3, 0.4) is 0 Å². The summed E-state index contributed by atoms with van der Waals surface area (Å²) in [6.45, 7) is 9.51. The van der Waals surface area contributed by atoms with Gasteiger partial charge in [0.15, 0.2) is 5.78 Å². The van der Waals surface area contributed by atoms with Crippen molar-refractivity contribution >= 4 is 17.6 Å². The van der Waals surface area contributed by atoms with Crippen LogP contribution in [0.15, 0.2) is 0 Å². The fourth-order valence-corrected chi connectivity index (χ4v) is 2.83. The van der Waals surface area contributed by atoms with Crippen LogP contribution in [0.4, 0.5) is 0 Å². The van der Waals surface area contributed by atoms with Gasteiger partial charge >= 0.3 is 0 Å². The molecule has 3 atom stereocenters. The fraction of sp³-hybridized carbons (Fsp3) is 0.833. The van der Waals surface area contributed by atoms with Crippen molar-refractivity contribution in [2.45, 2.75) is 59.5 Å². The molecule has 2 amide bonds. The Morgan fingerprint density at radius 3 is 1.96 bits per heavy atom. The minimum Gasteiger partial charge on any atom is -0.346 e. The van der Waals surface area contributed by atoms with Gasteiger partial charge in [0.2, 0.25) is 11.8 Å². The summed E-state index contributed by atoms with van der Waals surface area (Å²) in [5.41, 5.74) is 0. The van der Waals surface area contributed by atoms with Crippen LogP contribution in [0.1, 0.15) is 47.5 Å². The largest absolute Gasteiger partial charge is 0.346 e. The van der Waals surface area contributed by atoms with Crippen LogP contribution >= 0.6 is 0 Å². The number of hydrogen-bond acceptors (Lipinski definition) is 4. The third kappa shape index (κ3) is 6.99. The molecule has 0 aliphatic heterocycles. The third-order valence-electron chi connectivity index (χ3n) is 4.45. The lowest BCUT2D eigenvalue weighted by atomic mass is 9.97. The Morgan fingerprint density at radius 2 is 1.58 bits per heavy atom. The molecule has 6 nitrogen and oxygen atoms in total. The molecule has 0 radical (unpaired) electrons. The zero-order valence-corrected chi connectivity index (χ0v) is 16.5. The quantitative estimate of drug-likeness (QED) is 0.654. The van der Waals surface area contributed by atoms with E-state index in [1.807, 2.05) is 46.7 Å². The highest BCUT2D eigenvalue weighted by atomic mass is 16.2. The lowest BCUT2D eigenvalue weighted by Crippen LogP contribution is -2.51. The van der Waals surface area contributed by atoms with Crippen molar-refractivity contribution in [3.63, 3.8) is 0 Å². The molecule has 0 heterocycles. The summed E-state index contributed by atoms with van der Waals surface area (Å²) in [6, 6.07) is -0.707. The molecule has 0 aromatic heterocycles. The first kappa shape index (κ1) is 22.6. The number of nitrogens with one attached hydrogen (secondary N) is 1. The Hall–Kier alpha value is -1.43. The molecule has 0 aliphatic rings. The van der Waals surface area contributed by atoms with Gasteiger partial charge in [-0.25, -0.2) is 0 Å². The maximum absolute atomic E-state index is 12.4.